The molecule has 2 rings (SSSR count). The van der Waals surface area contributed by atoms with Crippen LogP contribution in [0.4, 0.5) is 8.78 Å². The van der Waals surface area contributed by atoms with Crippen LogP contribution in [0.25, 0.3) is 0 Å². The summed E-state index contributed by atoms with van der Waals surface area (Å²) in [6, 6.07) is -0.841. The summed E-state index contributed by atoms with van der Waals surface area (Å²) in [6.07, 6.45) is -0.465. The first-order valence-corrected chi connectivity index (χ1v) is 5.46. The molecule has 0 saturated carbocycles. The predicted octanol–water partition coefficient (Wildman–Crippen LogP) is -0.413. The van der Waals surface area contributed by atoms with E-state index < -0.39 is 24.9 Å². The van der Waals surface area contributed by atoms with Gasteiger partial charge in [0.05, 0.1) is 19.1 Å². The number of hydrogen-bond donors (Lipinski definition) is 1. The molecule has 1 unspecified atom stereocenters. The molecule has 108 valence electrons. The Morgan fingerprint density at radius 1 is 1.63 bits per heavy atom. The number of amides is 1. The number of halogens is 3. The zero-order valence-electron chi connectivity index (χ0n) is 10.5. The van der Waals surface area contributed by atoms with Crippen LogP contribution in [0.3, 0.4) is 0 Å². The van der Waals surface area contributed by atoms with Crippen molar-refractivity contribution in [2.24, 2.45) is 7.05 Å². The smallest absolute Gasteiger partial charge is 0.262 e. The average Bonchev–Trinajstić information content (AvgIpc) is 2.84. The number of rotatable bonds is 3. The monoisotopic (exact) mass is 296 g/mol. The second kappa shape index (κ2) is 5.74. The van der Waals surface area contributed by atoms with Crippen LogP contribution >= 0.6 is 12.4 Å². The fourth-order valence-corrected chi connectivity index (χ4v) is 1.83. The van der Waals surface area contributed by atoms with Crippen molar-refractivity contribution >= 4 is 18.3 Å². The molecule has 19 heavy (non-hydrogen) atoms. The number of aromatic nitrogens is 4. The Morgan fingerprint density at radius 3 is 2.79 bits per heavy atom. The molecule has 2 heterocycles. The first-order chi connectivity index (χ1) is 8.39. The summed E-state index contributed by atoms with van der Waals surface area (Å²) < 4.78 is 27.4. The Kier molecular flexibility index (Phi) is 4.75. The third-order valence-electron chi connectivity index (χ3n) is 2.87. The number of alkyl halides is 2. The van der Waals surface area contributed by atoms with Crippen molar-refractivity contribution < 1.29 is 13.6 Å². The maximum absolute atomic E-state index is 13.0. The average molecular weight is 297 g/mol. The maximum Gasteiger partial charge on any atom is 0.262 e. The molecule has 1 saturated heterocycles. The van der Waals surface area contributed by atoms with E-state index in [1.165, 1.54) is 16.6 Å². The van der Waals surface area contributed by atoms with Crippen LogP contribution in [0.5, 0.6) is 0 Å². The fourth-order valence-electron chi connectivity index (χ4n) is 1.83. The van der Waals surface area contributed by atoms with Crippen LogP contribution in [0.15, 0.2) is 0 Å². The summed E-state index contributed by atoms with van der Waals surface area (Å²) in [5.74, 6) is -2.70. The van der Waals surface area contributed by atoms with E-state index >= 15 is 0 Å². The zero-order chi connectivity index (χ0) is 13.3. The van der Waals surface area contributed by atoms with Gasteiger partial charge in [0.25, 0.3) is 5.92 Å². The highest BCUT2D eigenvalue weighted by Crippen LogP contribution is 2.25. The maximum atomic E-state index is 13.0. The Bertz CT molecular complexity index is 454. The summed E-state index contributed by atoms with van der Waals surface area (Å²) >= 11 is 0. The van der Waals surface area contributed by atoms with E-state index in [-0.39, 0.29) is 24.9 Å². The largest absolute Gasteiger partial charge is 0.337 e. The lowest BCUT2D eigenvalue weighted by molar-refractivity contribution is -0.133. The highest BCUT2D eigenvalue weighted by atomic mass is 35.5. The van der Waals surface area contributed by atoms with Gasteiger partial charge in [-0.05, 0) is 10.4 Å². The van der Waals surface area contributed by atoms with Gasteiger partial charge in [-0.2, -0.15) is 0 Å². The van der Waals surface area contributed by atoms with Gasteiger partial charge in [0.1, 0.15) is 0 Å². The van der Waals surface area contributed by atoms with Gasteiger partial charge in [-0.25, -0.2) is 13.5 Å². The SMILES string of the molecule is CN(Cc1nnnn1C)C(=O)C1CC(F)(F)CN1.Cl. The molecule has 1 N–H and O–H groups in total. The molecule has 1 amide bonds. The number of nitrogens with one attached hydrogen (secondary N) is 1. The number of tetrazole rings is 1. The normalized spacial score (nSPS) is 20.9. The van der Waals surface area contributed by atoms with Crippen molar-refractivity contribution in [3.8, 4) is 0 Å². The van der Waals surface area contributed by atoms with Crippen LogP contribution in [-0.4, -0.2) is 56.6 Å². The van der Waals surface area contributed by atoms with E-state index in [9.17, 15) is 13.6 Å². The lowest BCUT2D eigenvalue weighted by Crippen LogP contribution is -2.41. The van der Waals surface area contributed by atoms with Crippen molar-refractivity contribution in [2.45, 2.75) is 24.9 Å². The molecule has 1 fully saturated rings. The molecule has 1 aliphatic rings. The van der Waals surface area contributed by atoms with Crippen LogP contribution < -0.4 is 5.32 Å². The molecule has 1 aliphatic heterocycles. The Morgan fingerprint density at radius 2 is 2.32 bits per heavy atom. The van der Waals surface area contributed by atoms with Gasteiger partial charge >= 0.3 is 0 Å². The zero-order valence-corrected chi connectivity index (χ0v) is 11.3. The minimum atomic E-state index is -2.81. The Labute approximate surface area is 114 Å². The third kappa shape index (κ3) is 3.57. The number of carbonyl (C=O) groups excluding carboxylic acids is 1. The summed E-state index contributed by atoms with van der Waals surface area (Å²) in [7, 11) is 3.19. The van der Waals surface area contributed by atoms with Crippen LogP contribution in [0, 0.1) is 0 Å². The van der Waals surface area contributed by atoms with E-state index in [1.54, 1.807) is 7.05 Å². The molecule has 0 bridgehead atoms. The van der Waals surface area contributed by atoms with Crippen molar-refractivity contribution in [2.75, 3.05) is 13.6 Å². The summed E-state index contributed by atoms with van der Waals surface area (Å²) in [5, 5.41) is 13.3. The topological polar surface area (TPSA) is 75.9 Å². The molecular weight excluding hydrogens is 282 g/mol. The molecular formula is C9H15ClF2N6O. The van der Waals surface area contributed by atoms with Gasteiger partial charge in [0.2, 0.25) is 5.91 Å². The number of carbonyl (C=O) groups is 1. The highest BCUT2D eigenvalue weighted by molar-refractivity contribution is 5.85. The van der Waals surface area contributed by atoms with Gasteiger partial charge < -0.3 is 4.90 Å². The van der Waals surface area contributed by atoms with E-state index in [0.29, 0.717) is 5.82 Å². The first kappa shape index (κ1) is 15.7. The summed E-state index contributed by atoms with van der Waals surface area (Å²) in [5.41, 5.74) is 0. The van der Waals surface area contributed by atoms with Crippen molar-refractivity contribution in [3.05, 3.63) is 5.82 Å². The van der Waals surface area contributed by atoms with E-state index in [2.05, 4.69) is 20.8 Å². The fraction of sp³-hybridized carbons (Fsp3) is 0.778. The van der Waals surface area contributed by atoms with Crippen LogP contribution in [0.2, 0.25) is 0 Å². The number of aryl methyl sites for hydroxylation is 1. The molecule has 0 radical (unpaired) electrons. The third-order valence-corrected chi connectivity index (χ3v) is 2.87. The quantitative estimate of drug-likeness (QED) is 0.820. The highest BCUT2D eigenvalue weighted by Gasteiger charge is 2.43. The van der Waals surface area contributed by atoms with Crippen LogP contribution in [0.1, 0.15) is 12.2 Å². The van der Waals surface area contributed by atoms with Gasteiger partial charge in [-0.15, -0.1) is 17.5 Å². The second-order valence-electron chi connectivity index (χ2n) is 4.41. The van der Waals surface area contributed by atoms with Gasteiger partial charge in [0.15, 0.2) is 5.82 Å². The molecule has 1 aromatic heterocycles. The van der Waals surface area contributed by atoms with Crippen molar-refractivity contribution in [1.82, 2.24) is 30.4 Å². The lowest BCUT2D eigenvalue weighted by atomic mass is 10.1. The minimum absolute atomic E-state index is 0. The van der Waals surface area contributed by atoms with E-state index in [1.807, 2.05) is 0 Å². The molecule has 0 aromatic carbocycles. The Balaban J connectivity index is 0.00000180. The predicted molar refractivity (Wildman–Crippen MR) is 63.9 cm³/mol. The number of likely N-dealkylation sites (N-methyl/N-ethyl adjacent to an activating group) is 1. The molecule has 0 aliphatic carbocycles. The van der Waals surface area contributed by atoms with E-state index in [4.69, 9.17) is 0 Å². The van der Waals surface area contributed by atoms with Crippen molar-refractivity contribution in [3.63, 3.8) is 0 Å². The number of nitrogens with zero attached hydrogens (tertiary/aromatic N) is 5. The van der Waals surface area contributed by atoms with Gasteiger partial charge in [-0.3, -0.25) is 10.1 Å². The van der Waals surface area contributed by atoms with Gasteiger partial charge in [0, 0.05) is 20.5 Å². The van der Waals surface area contributed by atoms with Gasteiger partial charge in [-0.1, -0.05) is 0 Å². The minimum Gasteiger partial charge on any atom is -0.337 e. The van der Waals surface area contributed by atoms with E-state index in [0.717, 1.165) is 0 Å². The van der Waals surface area contributed by atoms with Crippen molar-refractivity contribution in [1.29, 1.82) is 0 Å². The lowest BCUT2D eigenvalue weighted by Gasteiger charge is -2.20. The molecule has 10 heteroatoms. The standard InChI is InChI=1S/C9H14F2N6O.ClH/c1-16(4-7-13-14-15-17(7)2)8(18)6-3-9(10,11)5-12-6;/h6,12H,3-5H2,1-2H3;1H. The molecule has 1 atom stereocenters. The summed E-state index contributed by atoms with van der Waals surface area (Å²) in [6.45, 7) is -0.269. The Hall–Kier alpha value is -1.35. The first-order valence-electron chi connectivity index (χ1n) is 5.46. The van der Waals surface area contributed by atoms with Crippen LogP contribution in [-0.2, 0) is 18.4 Å². The number of hydrogen-bond acceptors (Lipinski definition) is 5. The molecule has 7 nitrogen and oxygen atoms in total. The molecule has 1 aromatic rings. The summed E-state index contributed by atoms with van der Waals surface area (Å²) in [4.78, 5) is 13.3. The second-order valence-corrected chi connectivity index (χ2v) is 4.41. The molecule has 0 spiro atoms.